The number of benzene rings is 2. The third-order valence-corrected chi connectivity index (χ3v) is 3.68. The number of halogens is 1. The maximum atomic E-state index is 13.6. The second-order valence-corrected chi connectivity index (χ2v) is 5.82. The molecule has 8 heteroatoms. The van der Waals surface area contributed by atoms with Crippen LogP contribution in [-0.2, 0) is 14.3 Å². The molecule has 0 bridgehead atoms. The Morgan fingerprint density at radius 3 is 2.62 bits per heavy atom. The zero-order valence-electron chi connectivity index (χ0n) is 16.0. The Kier molecular flexibility index (Phi) is 7.90. The predicted octanol–water partition coefficient (Wildman–Crippen LogP) is 2.78. The average Bonchev–Trinajstić information content (AvgIpc) is 2.71. The second kappa shape index (κ2) is 10.6. The zero-order valence-corrected chi connectivity index (χ0v) is 16.0. The predicted molar refractivity (Wildman–Crippen MR) is 106 cm³/mol. The minimum atomic E-state index is -0.757. The molecule has 29 heavy (non-hydrogen) atoms. The third kappa shape index (κ3) is 6.76. The number of methoxy groups -OCH3 is 1. The minimum absolute atomic E-state index is 0.0950. The van der Waals surface area contributed by atoms with Crippen molar-refractivity contribution >= 4 is 29.5 Å². The molecule has 0 unspecified atom stereocenters. The van der Waals surface area contributed by atoms with Crippen molar-refractivity contribution in [1.82, 2.24) is 5.32 Å². The summed E-state index contributed by atoms with van der Waals surface area (Å²) in [4.78, 5) is 35.5. The Hall–Kier alpha value is -3.68. The van der Waals surface area contributed by atoms with Crippen LogP contribution in [0.5, 0.6) is 5.75 Å². The Bertz CT molecular complexity index is 927. The van der Waals surface area contributed by atoms with Gasteiger partial charge in [0.1, 0.15) is 0 Å². The molecule has 0 aromatic heterocycles. The molecule has 2 N–H and O–H groups in total. The number of carbonyl (C=O) groups is 3. The van der Waals surface area contributed by atoms with Crippen molar-refractivity contribution in [2.75, 3.05) is 25.6 Å². The Balaban J connectivity index is 1.86. The van der Waals surface area contributed by atoms with Gasteiger partial charge in [-0.05, 0) is 48.9 Å². The summed E-state index contributed by atoms with van der Waals surface area (Å²) < 4.78 is 23.3. The number of hydrogen-bond acceptors (Lipinski definition) is 5. The highest BCUT2D eigenvalue weighted by Gasteiger charge is 2.09. The smallest absolute Gasteiger partial charge is 0.331 e. The number of hydrogen-bond donors (Lipinski definition) is 2. The number of nitrogens with one attached hydrogen (secondary N) is 2. The van der Waals surface area contributed by atoms with E-state index in [4.69, 9.17) is 9.47 Å². The third-order valence-electron chi connectivity index (χ3n) is 3.68. The molecule has 2 aromatic rings. The molecule has 2 rings (SSSR count). The van der Waals surface area contributed by atoms with Gasteiger partial charge < -0.3 is 20.1 Å². The molecule has 0 aliphatic carbocycles. The van der Waals surface area contributed by atoms with Crippen molar-refractivity contribution < 1.29 is 28.2 Å². The van der Waals surface area contributed by atoms with Crippen LogP contribution >= 0.6 is 0 Å². The van der Waals surface area contributed by atoms with E-state index in [-0.39, 0.29) is 11.7 Å². The fraction of sp³-hybridized carbons (Fsp3) is 0.190. The maximum absolute atomic E-state index is 13.6. The first kappa shape index (κ1) is 21.6. The number of rotatable bonds is 8. The first-order valence-electron chi connectivity index (χ1n) is 8.79. The molecule has 0 spiro atoms. The first-order chi connectivity index (χ1) is 13.9. The van der Waals surface area contributed by atoms with Gasteiger partial charge in [0.15, 0.2) is 18.2 Å². The van der Waals surface area contributed by atoms with Gasteiger partial charge in [0.2, 0.25) is 0 Å². The number of carbonyl (C=O) groups excluding carboxylic acids is 3. The van der Waals surface area contributed by atoms with Crippen LogP contribution in [-0.4, -0.2) is 38.0 Å². The molecule has 0 saturated heterocycles. The maximum Gasteiger partial charge on any atom is 0.331 e. The lowest BCUT2D eigenvalue weighted by Gasteiger charge is -2.07. The van der Waals surface area contributed by atoms with Crippen LogP contribution in [0.3, 0.4) is 0 Å². The Labute approximate surface area is 167 Å². The second-order valence-electron chi connectivity index (χ2n) is 5.82. The summed E-state index contributed by atoms with van der Waals surface area (Å²) in [6.45, 7) is 1.78. The van der Waals surface area contributed by atoms with E-state index in [1.165, 1.54) is 31.4 Å². The SMILES string of the molecule is CCNC(=O)c1cccc(NC(=O)COC(=O)/C=C/c2ccc(OC)c(F)c2)c1. The zero-order chi connectivity index (χ0) is 21.2. The van der Waals surface area contributed by atoms with Crippen molar-refractivity contribution in [2.24, 2.45) is 0 Å². The largest absolute Gasteiger partial charge is 0.494 e. The molecule has 2 aromatic carbocycles. The van der Waals surface area contributed by atoms with Gasteiger partial charge in [-0.2, -0.15) is 0 Å². The van der Waals surface area contributed by atoms with Crippen molar-refractivity contribution in [3.63, 3.8) is 0 Å². The highest BCUT2D eigenvalue weighted by atomic mass is 19.1. The van der Waals surface area contributed by atoms with E-state index in [1.54, 1.807) is 31.2 Å². The van der Waals surface area contributed by atoms with Crippen LogP contribution in [0.1, 0.15) is 22.8 Å². The number of anilines is 1. The van der Waals surface area contributed by atoms with Gasteiger partial charge in [-0.1, -0.05) is 12.1 Å². The van der Waals surface area contributed by atoms with Crippen LogP contribution in [0.4, 0.5) is 10.1 Å². The highest BCUT2D eigenvalue weighted by Crippen LogP contribution is 2.18. The number of ether oxygens (including phenoxy) is 2. The fourth-order valence-corrected chi connectivity index (χ4v) is 2.33. The molecule has 0 aliphatic heterocycles. The summed E-state index contributed by atoms with van der Waals surface area (Å²) in [7, 11) is 1.35. The van der Waals surface area contributed by atoms with E-state index >= 15 is 0 Å². The van der Waals surface area contributed by atoms with E-state index in [1.807, 2.05) is 0 Å². The van der Waals surface area contributed by atoms with Crippen LogP contribution in [0.2, 0.25) is 0 Å². The first-order valence-corrected chi connectivity index (χ1v) is 8.79. The molecule has 0 heterocycles. The standard InChI is InChI=1S/C21H21FN2O5/c1-3-23-21(27)15-5-4-6-16(12-15)24-19(25)13-29-20(26)10-8-14-7-9-18(28-2)17(22)11-14/h4-12H,3,13H2,1-2H3,(H,23,27)(H,24,25)/b10-8+. The van der Waals surface area contributed by atoms with Crippen molar-refractivity contribution in [3.05, 3.63) is 65.5 Å². The summed E-state index contributed by atoms with van der Waals surface area (Å²) >= 11 is 0. The van der Waals surface area contributed by atoms with Crippen molar-refractivity contribution in [2.45, 2.75) is 6.92 Å². The molecule has 0 saturated carbocycles. The molecule has 152 valence electrons. The highest BCUT2D eigenvalue weighted by molar-refractivity contribution is 5.98. The van der Waals surface area contributed by atoms with Gasteiger partial charge in [-0.15, -0.1) is 0 Å². The lowest BCUT2D eigenvalue weighted by atomic mass is 10.2. The molecule has 0 fully saturated rings. The van der Waals surface area contributed by atoms with Gasteiger partial charge in [0.05, 0.1) is 7.11 Å². The van der Waals surface area contributed by atoms with Gasteiger partial charge in [-0.25, -0.2) is 9.18 Å². The van der Waals surface area contributed by atoms with Gasteiger partial charge in [0, 0.05) is 23.9 Å². The molecular weight excluding hydrogens is 379 g/mol. The van der Waals surface area contributed by atoms with E-state index < -0.39 is 24.3 Å². The van der Waals surface area contributed by atoms with Crippen LogP contribution < -0.4 is 15.4 Å². The number of esters is 1. The summed E-state index contributed by atoms with van der Waals surface area (Å²) in [5.74, 6) is -2.03. The lowest BCUT2D eigenvalue weighted by Crippen LogP contribution is -2.23. The number of amides is 2. The summed E-state index contributed by atoms with van der Waals surface area (Å²) in [5.41, 5.74) is 1.24. The molecule has 0 atom stereocenters. The lowest BCUT2D eigenvalue weighted by molar-refractivity contribution is -0.142. The fourth-order valence-electron chi connectivity index (χ4n) is 2.33. The summed E-state index contributed by atoms with van der Waals surface area (Å²) in [6, 6.07) is 10.6. The molecule has 7 nitrogen and oxygen atoms in total. The monoisotopic (exact) mass is 400 g/mol. The van der Waals surface area contributed by atoms with Crippen LogP contribution in [0.15, 0.2) is 48.5 Å². The van der Waals surface area contributed by atoms with Gasteiger partial charge in [-0.3, -0.25) is 9.59 Å². The van der Waals surface area contributed by atoms with Crippen LogP contribution in [0.25, 0.3) is 6.08 Å². The van der Waals surface area contributed by atoms with Gasteiger partial charge in [0.25, 0.3) is 11.8 Å². The molecule has 0 radical (unpaired) electrons. The average molecular weight is 400 g/mol. The van der Waals surface area contributed by atoms with Crippen LogP contribution in [0, 0.1) is 5.82 Å². The molecule has 2 amide bonds. The normalized spacial score (nSPS) is 10.4. The topological polar surface area (TPSA) is 93.7 Å². The van der Waals surface area contributed by atoms with E-state index in [0.717, 1.165) is 6.08 Å². The van der Waals surface area contributed by atoms with Crippen molar-refractivity contribution in [1.29, 1.82) is 0 Å². The quantitative estimate of drug-likeness (QED) is 0.525. The van der Waals surface area contributed by atoms with Crippen molar-refractivity contribution in [3.8, 4) is 5.75 Å². The van der Waals surface area contributed by atoms with Gasteiger partial charge >= 0.3 is 5.97 Å². The minimum Gasteiger partial charge on any atom is -0.494 e. The summed E-state index contributed by atoms with van der Waals surface area (Å²) in [6.07, 6.45) is 2.45. The van der Waals surface area contributed by atoms with E-state index in [0.29, 0.717) is 23.4 Å². The molecule has 0 aliphatic rings. The Morgan fingerprint density at radius 2 is 1.93 bits per heavy atom. The Morgan fingerprint density at radius 1 is 1.14 bits per heavy atom. The van der Waals surface area contributed by atoms with E-state index in [9.17, 15) is 18.8 Å². The molecular formula is C21H21FN2O5. The van der Waals surface area contributed by atoms with E-state index in [2.05, 4.69) is 10.6 Å². The summed E-state index contributed by atoms with van der Waals surface area (Å²) in [5, 5.41) is 5.21.